The number of hydrogen-bond donors (Lipinski definition) is 2. The Bertz CT molecular complexity index is 361. The summed E-state index contributed by atoms with van der Waals surface area (Å²) < 4.78 is 0. The third-order valence-corrected chi connectivity index (χ3v) is 4.17. The van der Waals surface area contributed by atoms with Crippen molar-refractivity contribution >= 4 is 11.9 Å². The fourth-order valence-corrected chi connectivity index (χ4v) is 2.61. The van der Waals surface area contributed by atoms with Gasteiger partial charge in [0.15, 0.2) is 0 Å². The van der Waals surface area contributed by atoms with E-state index in [-0.39, 0.29) is 17.9 Å². The van der Waals surface area contributed by atoms with E-state index in [4.69, 9.17) is 0 Å². The van der Waals surface area contributed by atoms with Crippen molar-refractivity contribution in [1.29, 1.82) is 0 Å². The van der Waals surface area contributed by atoms with E-state index in [9.17, 15) is 14.7 Å². The lowest BCUT2D eigenvalue weighted by Crippen LogP contribution is -2.47. The molecule has 2 N–H and O–H groups in total. The fourth-order valence-electron chi connectivity index (χ4n) is 2.61. The number of hydrogen-bond acceptors (Lipinski definition) is 3. The Balaban J connectivity index is 1.69. The van der Waals surface area contributed by atoms with Crippen LogP contribution in [0.25, 0.3) is 0 Å². The minimum Gasteiger partial charge on any atom is -0.391 e. The topological polar surface area (TPSA) is 72.9 Å². The first-order valence-corrected chi connectivity index (χ1v) is 7.41. The van der Waals surface area contributed by atoms with Crippen LogP contribution in [0.15, 0.2) is 0 Å². The van der Waals surface area contributed by atoms with Crippen LogP contribution in [0.5, 0.6) is 0 Å². The van der Waals surface area contributed by atoms with Crippen molar-refractivity contribution in [3.8, 4) is 0 Å². The summed E-state index contributed by atoms with van der Waals surface area (Å²) in [5.74, 6) is 0.365. The van der Waals surface area contributed by atoms with Gasteiger partial charge in [0.1, 0.15) is 0 Å². The minimum atomic E-state index is -0.394. The van der Waals surface area contributed by atoms with Gasteiger partial charge in [-0.2, -0.15) is 0 Å². The van der Waals surface area contributed by atoms with Gasteiger partial charge in [-0.25, -0.2) is 4.79 Å². The quantitative estimate of drug-likeness (QED) is 0.778. The number of carbonyl (C=O) groups excluding carboxylic acids is 2. The van der Waals surface area contributed by atoms with Crippen LogP contribution in [0.3, 0.4) is 0 Å². The highest BCUT2D eigenvalue weighted by molar-refractivity contribution is 5.79. The molecule has 20 heavy (non-hydrogen) atoms. The third-order valence-electron chi connectivity index (χ3n) is 4.17. The molecule has 3 amide bonds. The number of urea groups is 1. The lowest BCUT2D eigenvalue weighted by Gasteiger charge is -2.33. The Hall–Kier alpha value is -1.30. The Morgan fingerprint density at radius 1 is 1.25 bits per heavy atom. The first-order valence-electron chi connectivity index (χ1n) is 7.41. The average Bonchev–Trinajstić information content (AvgIpc) is 3.28. The van der Waals surface area contributed by atoms with Crippen molar-refractivity contribution in [1.82, 2.24) is 15.1 Å². The molecule has 6 heteroatoms. The van der Waals surface area contributed by atoms with E-state index in [0.29, 0.717) is 38.4 Å². The molecule has 1 unspecified atom stereocenters. The van der Waals surface area contributed by atoms with Crippen LogP contribution in [0.2, 0.25) is 0 Å². The molecule has 1 heterocycles. The highest BCUT2D eigenvalue weighted by Crippen LogP contribution is 2.32. The van der Waals surface area contributed by atoms with E-state index in [0.717, 1.165) is 12.8 Å². The van der Waals surface area contributed by atoms with Crippen molar-refractivity contribution in [3.63, 3.8) is 0 Å². The first-order chi connectivity index (χ1) is 9.49. The molecular weight excluding hydrogens is 258 g/mol. The highest BCUT2D eigenvalue weighted by atomic mass is 16.3. The summed E-state index contributed by atoms with van der Waals surface area (Å²) in [6, 6.07) is 0.00742. The Labute approximate surface area is 120 Å². The summed E-state index contributed by atoms with van der Waals surface area (Å²) in [7, 11) is 3.47. The molecule has 1 aliphatic heterocycles. The predicted molar refractivity (Wildman–Crippen MR) is 75.1 cm³/mol. The summed E-state index contributed by atoms with van der Waals surface area (Å²) >= 11 is 0. The van der Waals surface area contributed by atoms with Gasteiger partial charge in [-0.05, 0) is 31.6 Å². The summed E-state index contributed by atoms with van der Waals surface area (Å²) in [6.45, 7) is 1.61. The van der Waals surface area contributed by atoms with Crippen LogP contribution in [0, 0.1) is 11.8 Å². The molecule has 114 valence electrons. The molecule has 0 aromatic carbocycles. The summed E-state index contributed by atoms with van der Waals surface area (Å²) in [6.07, 6.45) is 3.15. The fraction of sp³-hybridized carbons (Fsp3) is 0.857. The zero-order valence-corrected chi connectivity index (χ0v) is 12.3. The third kappa shape index (κ3) is 3.85. The van der Waals surface area contributed by atoms with Crippen LogP contribution in [0.1, 0.15) is 25.7 Å². The van der Waals surface area contributed by atoms with E-state index in [1.807, 2.05) is 0 Å². The van der Waals surface area contributed by atoms with Gasteiger partial charge in [0, 0.05) is 39.6 Å². The maximum atomic E-state index is 12.0. The van der Waals surface area contributed by atoms with Crippen molar-refractivity contribution in [2.24, 2.45) is 11.8 Å². The molecule has 2 rings (SSSR count). The number of carbonyl (C=O) groups is 2. The van der Waals surface area contributed by atoms with E-state index in [1.165, 1.54) is 0 Å². The lowest BCUT2D eigenvalue weighted by molar-refractivity contribution is -0.126. The number of aliphatic hydroxyl groups excluding tert-OH is 1. The van der Waals surface area contributed by atoms with Gasteiger partial charge in [-0.15, -0.1) is 0 Å². The van der Waals surface area contributed by atoms with Crippen molar-refractivity contribution < 1.29 is 14.7 Å². The van der Waals surface area contributed by atoms with Crippen molar-refractivity contribution in [2.45, 2.75) is 31.8 Å². The second-order valence-electron chi connectivity index (χ2n) is 6.09. The second-order valence-corrected chi connectivity index (χ2v) is 6.09. The van der Waals surface area contributed by atoms with Crippen LogP contribution >= 0.6 is 0 Å². The second kappa shape index (κ2) is 6.43. The molecule has 1 atom stereocenters. The standard InChI is InChI=1S/C14H25N3O3/c1-16(2)14(20)17-7-5-11(6-8-17)13(19)15-9-12(18)10-3-4-10/h10-12,18H,3-9H2,1-2H3,(H,15,19). The first kappa shape index (κ1) is 15.1. The van der Waals surface area contributed by atoms with Gasteiger partial charge in [0.2, 0.25) is 5.91 Å². The van der Waals surface area contributed by atoms with E-state index in [2.05, 4.69) is 5.32 Å². The largest absolute Gasteiger partial charge is 0.391 e. The maximum absolute atomic E-state index is 12.0. The van der Waals surface area contributed by atoms with Gasteiger partial charge in [-0.3, -0.25) is 4.79 Å². The molecular formula is C14H25N3O3. The number of nitrogens with one attached hydrogen (secondary N) is 1. The average molecular weight is 283 g/mol. The van der Waals surface area contributed by atoms with Gasteiger partial charge >= 0.3 is 6.03 Å². The zero-order chi connectivity index (χ0) is 14.7. The molecule has 1 saturated carbocycles. The summed E-state index contributed by atoms with van der Waals surface area (Å²) in [5, 5.41) is 12.6. The Morgan fingerprint density at radius 3 is 2.35 bits per heavy atom. The maximum Gasteiger partial charge on any atom is 0.319 e. The van der Waals surface area contributed by atoms with Gasteiger partial charge in [0.05, 0.1) is 6.10 Å². The number of rotatable bonds is 4. The monoisotopic (exact) mass is 283 g/mol. The molecule has 0 bridgehead atoms. The van der Waals surface area contributed by atoms with E-state index < -0.39 is 6.10 Å². The molecule has 1 aliphatic carbocycles. The van der Waals surface area contributed by atoms with Gasteiger partial charge in [0.25, 0.3) is 0 Å². The van der Waals surface area contributed by atoms with Crippen molar-refractivity contribution in [2.75, 3.05) is 33.7 Å². The number of likely N-dealkylation sites (tertiary alicyclic amines) is 1. The molecule has 2 aliphatic rings. The Kier molecular flexibility index (Phi) is 4.86. The highest BCUT2D eigenvalue weighted by Gasteiger charge is 2.31. The molecule has 0 spiro atoms. The smallest absolute Gasteiger partial charge is 0.319 e. The SMILES string of the molecule is CN(C)C(=O)N1CCC(C(=O)NCC(O)C2CC2)CC1. The van der Waals surface area contributed by atoms with Gasteiger partial charge < -0.3 is 20.2 Å². The lowest BCUT2D eigenvalue weighted by atomic mass is 9.96. The number of aliphatic hydroxyl groups is 1. The normalized spacial score (nSPS) is 21.4. The van der Waals surface area contributed by atoms with Crippen LogP contribution in [0.4, 0.5) is 4.79 Å². The molecule has 0 aromatic heterocycles. The number of amides is 3. The molecule has 0 aromatic rings. The van der Waals surface area contributed by atoms with Crippen molar-refractivity contribution in [3.05, 3.63) is 0 Å². The van der Waals surface area contributed by atoms with E-state index in [1.54, 1.807) is 23.9 Å². The van der Waals surface area contributed by atoms with Gasteiger partial charge in [-0.1, -0.05) is 0 Å². The van der Waals surface area contributed by atoms with E-state index >= 15 is 0 Å². The molecule has 1 saturated heterocycles. The summed E-state index contributed by atoms with van der Waals surface area (Å²) in [4.78, 5) is 27.2. The minimum absolute atomic E-state index is 0.00742. The van der Waals surface area contributed by atoms with Crippen LogP contribution < -0.4 is 5.32 Å². The molecule has 2 fully saturated rings. The molecule has 6 nitrogen and oxygen atoms in total. The van der Waals surface area contributed by atoms with Crippen LogP contribution in [-0.4, -0.2) is 66.7 Å². The Morgan fingerprint density at radius 2 is 1.85 bits per heavy atom. The number of nitrogens with zero attached hydrogens (tertiary/aromatic N) is 2. The predicted octanol–water partition coefficient (Wildman–Crippen LogP) is 0.267. The van der Waals surface area contributed by atoms with Crippen LogP contribution in [-0.2, 0) is 4.79 Å². The number of piperidine rings is 1. The summed E-state index contributed by atoms with van der Waals surface area (Å²) in [5.41, 5.74) is 0. The zero-order valence-electron chi connectivity index (χ0n) is 12.3. The molecule has 0 radical (unpaired) electrons.